The summed E-state index contributed by atoms with van der Waals surface area (Å²) in [7, 11) is 0. The van der Waals surface area contributed by atoms with Gasteiger partial charge in [0.25, 0.3) is 0 Å². The first-order valence-electron chi connectivity index (χ1n) is 6.78. The number of thiazole rings is 1. The van der Waals surface area contributed by atoms with E-state index in [9.17, 15) is 0 Å². The Kier molecular flexibility index (Phi) is 3.75. The molecule has 6 heteroatoms. The van der Waals surface area contributed by atoms with Crippen LogP contribution in [0, 0.1) is 0 Å². The molecule has 0 aliphatic carbocycles. The molecule has 0 aliphatic rings. The Morgan fingerprint density at radius 2 is 2.25 bits per heavy atom. The van der Waals surface area contributed by atoms with Crippen LogP contribution >= 0.6 is 11.3 Å². The van der Waals surface area contributed by atoms with Gasteiger partial charge in [0.1, 0.15) is 11.2 Å². The van der Waals surface area contributed by atoms with E-state index >= 15 is 0 Å². The molecule has 0 spiro atoms. The highest BCUT2D eigenvalue weighted by atomic mass is 32.1. The summed E-state index contributed by atoms with van der Waals surface area (Å²) in [5, 5.41) is 3.13. The van der Waals surface area contributed by atoms with Crippen LogP contribution in [0.2, 0.25) is 0 Å². The van der Waals surface area contributed by atoms with Crippen LogP contribution < -0.4 is 5.73 Å². The van der Waals surface area contributed by atoms with E-state index in [0.29, 0.717) is 6.54 Å². The Balaban J connectivity index is 2.11. The molecule has 0 atom stereocenters. The smallest absolute Gasteiger partial charge is 0.160 e. The molecule has 3 aromatic rings. The van der Waals surface area contributed by atoms with Gasteiger partial charge in [0, 0.05) is 24.5 Å². The molecule has 0 saturated heterocycles. The van der Waals surface area contributed by atoms with Crippen molar-refractivity contribution in [2.75, 3.05) is 6.54 Å². The number of fused-ring (bicyclic) bond motifs is 1. The lowest BCUT2D eigenvalue weighted by molar-refractivity contribution is 0.702. The van der Waals surface area contributed by atoms with Crippen LogP contribution in [0.1, 0.15) is 18.4 Å². The van der Waals surface area contributed by atoms with E-state index in [-0.39, 0.29) is 0 Å². The van der Waals surface area contributed by atoms with Crippen LogP contribution in [-0.4, -0.2) is 26.1 Å². The van der Waals surface area contributed by atoms with Crippen molar-refractivity contribution in [2.45, 2.75) is 26.3 Å². The summed E-state index contributed by atoms with van der Waals surface area (Å²) in [5.41, 5.74) is 8.55. The summed E-state index contributed by atoms with van der Waals surface area (Å²) in [4.78, 5) is 13.5. The van der Waals surface area contributed by atoms with Crippen LogP contribution in [0.5, 0.6) is 0 Å². The van der Waals surface area contributed by atoms with Crippen LogP contribution in [0.4, 0.5) is 0 Å². The number of aromatic nitrogens is 4. The molecule has 0 amide bonds. The number of aryl methyl sites for hydroxylation is 1. The third-order valence-electron chi connectivity index (χ3n) is 3.14. The summed E-state index contributed by atoms with van der Waals surface area (Å²) in [5.74, 6) is 0.925. The molecule has 3 aromatic heterocycles. The fraction of sp³-hybridized carbons (Fsp3) is 0.357. The zero-order chi connectivity index (χ0) is 13.9. The first-order chi connectivity index (χ1) is 9.83. The normalized spacial score (nSPS) is 11.3. The maximum atomic E-state index is 5.58. The number of nitrogens with two attached hydrogens (primary N) is 1. The molecule has 3 heterocycles. The molecule has 0 fully saturated rings. The summed E-state index contributed by atoms with van der Waals surface area (Å²) < 4.78 is 2.22. The summed E-state index contributed by atoms with van der Waals surface area (Å²) >= 11 is 1.65. The van der Waals surface area contributed by atoms with Gasteiger partial charge in [0.2, 0.25) is 0 Å². The number of imidazole rings is 1. The second kappa shape index (κ2) is 5.68. The second-order valence-electron chi connectivity index (χ2n) is 4.62. The molecule has 0 saturated carbocycles. The van der Waals surface area contributed by atoms with Crippen LogP contribution in [0.3, 0.4) is 0 Å². The number of nitrogens with zero attached hydrogens (tertiary/aromatic N) is 4. The van der Waals surface area contributed by atoms with Gasteiger partial charge in [-0.25, -0.2) is 9.97 Å². The predicted octanol–water partition coefficient (Wildman–Crippen LogP) is 2.47. The van der Waals surface area contributed by atoms with E-state index in [4.69, 9.17) is 5.73 Å². The van der Waals surface area contributed by atoms with Crippen LogP contribution in [-0.2, 0) is 13.0 Å². The quantitative estimate of drug-likeness (QED) is 0.782. The van der Waals surface area contributed by atoms with Gasteiger partial charge in [-0.2, -0.15) is 0 Å². The number of hydrogen-bond donors (Lipinski definition) is 1. The molecule has 0 aromatic carbocycles. The highest BCUT2D eigenvalue weighted by molar-refractivity contribution is 7.09. The maximum Gasteiger partial charge on any atom is 0.160 e. The average molecular weight is 287 g/mol. The van der Waals surface area contributed by atoms with Gasteiger partial charge < -0.3 is 10.3 Å². The topological polar surface area (TPSA) is 69.6 Å². The predicted molar refractivity (Wildman–Crippen MR) is 81.7 cm³/mol. The first kappa shape index (κ1) is 13.2. The fourth-order valence-electron chi connectivity index (χ4n) is 2.28. The summed E-state index contributed by atoms with van der Waals surface area (Å²) in [6.45, 7) is 3.72. The molecule has 20 heavy (non-hydrogen) atoms. The SMILES string of the molecule is CCCn1c(-c2csc(CCN)n2)nc2cnccc21. The molecule has 3 rings (SSSR count). The van der Waals surface area contributed by atoms with E-state index in [2.05, 4.69) is 31.8 Å². The van der Waals surface area contributed by atoms with Crippen molar-refractivity contribution in [3.63, 3.8) is 0 Å². The monoisotopic (exact) mass is 287 g/mol. The minimum Gasteiger partial charge on any atom is -0.330 e. The zero-order valence-electron chi connectivity index (χ0n) is 11.4. The van der Waals surface area contributed by atoms with E-state index in [1.807, 2.05) is 6.07 Å². The Hall–Kier alpha value is -1.79. The molecule has 2 N–H and O–H groups in total. The van der Waals surface area contributed by atoms with Crippen molar-refractivity contribution in [3.05, 3.63) is 28.8 Å². The van der Waals surface area contributed by atoms with Crippen molar-refractivity contribution in [1.29, 1.82) is 0 Å². The molecule has 5 nitrogen and oxygen atoms in total. The van der Waals surface area contributed by atoms with Crippen molar-refractivity contribution in [3.8, 4) is 11.5 Å². The Morgan fingerprint density at radius 3 is 3.05 bits per heavy atom. The van der Waals surface area contributed by atoms with Crippen molar-refractivity contribution < 1.29 is 0 Å². The molecule has 104 valence electrons. The summed E-state index contributed by atoms with van der Waals surface area (Å²) in [6.07, 6.45) is 5.49. The van der Waals surface area contributed by atoms with Crippen molar-refractivity contribution >= 4 is 22.4 Å². The van der Waals surface area contributed by atoms with E-state index in [0.717, 1.165) is 46.9 Å². The van der Waals surface area contributed by atoms with E-state index < -0.39 is 0 Å². The maximum absolute atomic E-state index is 5.58. The Morgan fingerprint density at radius 1 is 1.35 bits per heavy atom. The first-order valence-corrected chi connectivity index (χ1v) is 7.66. The molecule has 0 bridgehead atoms. The van der Waals surface area contributed by atoms with Gasteiger partial charge >= 0.3 is 0 Å². The Labute approximate surface area is 121 Å². The summed E-state index contributed by atoms with van der Waals surface area (Å²) in [6, 6.07) is 2.01. The highest BCUT2D eigenvalue weighted by Gasteiger charge is 2.14. The lowest BCUT2D eigenvalue weighted by atomic mass is 10.3. The third-order valence-corrected chi connectivity index (χ3v) is 4.05. The fourth-order valence-corrected chi connectivity index (χ4v) is 3.07. The lowest BCUT2D eigenvalue weighted by Gasteiger charge is -2.05. The number of hydrogen-bond acceptors (Lipinski definition) is 5. The molecular weight excluding hydrogens is 270 g/mol. The second-order valence-corrected chi connectivity index (χ2v) is 5.56. The molecular formula is C14H17N5S. The van der Waals surface area contributed by atoms with Gasteiger partial charge in [0.15, 0.2) is 5.82 Å². The van der Waals surface area contributed by atoms with Gasteiger partial charge in [-0.3, -0.25) is 4.98 Å². The number of rotatable bonds is 5. The number of pyridine rings is 1. The van der Waals surface area contributed by atoms with Gasteiger partial charge in [-0.05, 0) is 19.0 Å². The zero-order valence-corrected chi connectivity index (χ0v) is 12.2. The Bertz CT molecular complexity index is 715. The van der Waals surface area contributed by atoms with Crippen molar-refractivity contribution in [2.24, 2.45) is 5.73 Å². The van der Waals surface area contributed by atoms with Gasteiger partial charge in [-0.1, -0.05) is 6.92 Å². The standard InChI is InChI=1S/C14H17N5S/c1-2-7-19-12-4-6-16-8-10(12)18-14(19)11-9-20-13(17-11)3-5-15/h4,6,8-9H,2-3,5,7,15H2,1H3. The van der Waals surface area contributed by atoms with Gasteiger partial charge in [0.05, 0.1) is 16.7 Å². The van der Waals surface area contributed by atoms with Crippen molar-refractivity contribution in [1.82, 2.24) is 19.5 Å². The van der Waals surface area contributed by atoms with E-state index in [1.54, 1.807) is 23.7 Å². The highest BCUT2D eigenvalue weighted by Crippen LogP contribution is 2.26. The van der Waals surface area contributed by atoms with Gasteiger partial charge in [-0.15, -0.1) is 11.3 Å². The van der Waals surface area contributed by atoms with Crippen LogP contribution in [0.25, 0.3) is 22.6 Å². The third kappa shape index (κ3) is 2.32. The van der Waals surface area contributed by atoms with Crippen LogP contribution in [0.15, 0.2) is 23.8 Å². The average Bonchev–Trinajstić information content (AvgIpc) is 3.05. The molecule has 0 radical (unpaired) electrons. The minimum atomic E-state index is 0.627. The minimum absolute atomic E-state index is 0.627. The largest absolute Gasteiger partial charge is 0.330 e. The van der Waals surface area contributed by atoms with E-state index in [1.165, 1.54) is 0 Å². The lowest BCUT2D eigenvalue weighted by Crippen LogP contribution is -2.03. The molecule has 0 unspecified atom stereocenters. The molecule has 0 aliphatic heterocycles.